The summed E-state index contributed by atoms with van der Waals surface area (Å²) < 4.78 is 0. The normalized spacial score (nSPS) is 14.3. The van der Waals surface area contributed by atoms with Gasteiger partial charge in [-0.2, -0.15) is 0 Å². The molecule has 0 aliphatic carbocycles. The minimum Gasteiger partial charge on any atom is -0.481 e. The van der Waals surface area contributed by atoms with E-state index in [1.165, 1.54) is 6.08 Å². The van der Waals surface area contributed by atoms with Crippen molar-refractivity contribution in [1.29, 1.82) is 0 Å². The molecule has 0 saturated heterocycles. The average molecular weight is 197 g/mol. The number of carbonyl (C=O) groups is 2. The summed E-state index contributed by atoms with van der Waals surface area (Å²) in [7, 11) is 0. The number of hydrogen-bond acceptors (Lipinski definition) is 2. The van der Waals surface area contributed by atoms with Crippen LogP contribution >= 0.6 is 0 Å². The van der Waals surface area contributed by atoms with Crippen LogP contribution in [0.2, 0.25) is 0 Å². The number of hydrogen-bond donors (Lipinski definition) is 2. The Morgan fingerprint density at radius 3 is 2.43 bits per heavy atom. The number of rotatable bonds is 5. The number of carboxylic acid groups (broad SMARTS) is 1. The molecule has 0 bridgehead atoms. The second-order valence-corrected chi connectivity index (χ2v) is 3.22. The van der Waals surface area contributed by atoms with E-state index >= 15 is 0 Å². The highest BCUT2D eigenvalue weighted by Crippen LogP contribution is 2.08. The summed E-state index contributed by atoms with van der Waals surface area (Å²) in [5.74, 6) is -1.39. The summed E-state index contributed by atoms with van der Waals surface area (Å²) in [6.07, 6.45) is 4.69. The zero-order valence-corrected chi connectivity index (χ0v) is 8.36. The van der Waals surface area contributed by atoms with Gasteiger partial charge in [0, 0.05) is 6.08 Å². The molecule has 0 heterocycles. The first-order chi connectivity index (χ1) is 6.41. The van der Waals surface area contributed by atoms with E-state index in [4.69, 9.17) is 10.8 Å². The van der Waals surface area contributed by atoms with Crippen molar-refractivity contribution >= 4 is 11.9 Å². The topological polar surface area (TPSA) is 80.4 Å². The predicted octanol–water partition coefficient (Wildman–Crippen LogP) is 1.08. The third-order valence-electron chi connectivity index (χ3n) is 1.55. The molecule has 1 atom stereocenters. The van der Waals surface area contributed by atoms with Gasteiger partial charge in [-0.05, 0) is 12.8 Å². The molecule has 14 heavy (non-hydrogen) atoms. The van der Waals surface area contributed by atoms with E-state index in [2.05, 4.69) is 0 Å². The van der Waals surface area contributed by atoms with Crippen LogP contribution in [0.15, 0.2) is 23.8 Å². The van der Waals surface area contributed by atoms with Crippen LogP contribution in [0.5, 0.6) is 0 Å². The lowest BCUT2D eigenvalue weighted by Crippen LogP contribution is -2.05. The van der Waals surface area contributed by atoms with E-state index in [1.54, 1.807) is 26.0 Å². The minimum absolute atomic E-state index is 0.0509. The molecule has 0 spiro atoms. The molecule has 78 valence electrons. The summed E-state index contributed by atoms with van der Waals surface area (Å²) in [5.41, 5.74) is 5.74. The van der Waals surface area contributed by atoms with Crippen LogP contribution in [-0.2, 0) is 9.59 Å². The van der Waals surface area contributed by atoms with Gasteiger partial charge in [0.2, 0.25) is 5.91 Å². The Bertz CT molecular complexity index is 279. The number of aliphatic carboxylic acids is 1. The number of allylic oxidation sites excluding steroid dienone is 3. The fraction of sp³-hybridized carbons (Fsp3) is 0.400. The maximum atomic E-state index is 10.4. The molecular formula is C10H15NO3. The molecule has 0 radical (unpaired) electrons. The molecule has 0 aromatic heterocycles. The molecule has 0 aromatic rings. The first kappa shape index (κ1) is 12.4. The lowest BCUT2D eigenvalue weighted by Gasteiger charge is -2.02. The third kappa shape index (κ3) is 7.09. The van der Waals surface area contributed by atoms with Crippen molar-refractivity contribution in [1.82, 2.24) is 0 Å². The average Bonchev–Trinajstić information content (AvgIpc) is 1.98. The first-order valence-electron chi connectivity index (χ1n) is 4.29. The Morgan fingerprint density at radius 1 is 1.43 bits per heavy atom. The number of carbonyl (C=O) groups excluding carboxylic acids is 1. The van der Waals surface area contributed by atoms with Gasteiger partial charge in [-0.25, -0.2) is 0 Å². The molecular weight excluding hydrogens is 182 g/mol. The summed E-state index contributed by atoms with van der Waals surface area (Å²) in [6, 6.07) is 0. The second-order valence-electron chi connectivity index (χ2n) is 3.22. The van der Waals surface area contributed by atoms with E-state index in [-0.39, 0.29) is 12.3 Å². The summed E-state index contributed by atoms with van der Waals surface area (Å²) in [6.45, 7) is 3.59. The van der Waals surface area contributed by atoms with Crippen molar-refractivity contribution in [3.63, 3.8) is 0 Å². The maximum Gasteiger partial charge on any atom is 0.303 e. The lowest BCUT2D eigenvalue weighted by atomic mass is 10.0. The van der Waals surface area contributed by atoms with Crippen LogP contribution in [0.1, 0.15) is 20.3 Å². The van der Waals surface area contributed by atoms with Crippen molar-refractivity contribution in [2.45, 2.75) is 20.3 Å². The molecule has 0 unspecified atom stereocenters. The molecule has 0 rings (SSSR count). The van der Waals surface area contributed by atoms with Crippen molar-refractivity contribution in [2.24, 2.45) is 11.7 Å². The van der Waals surface area contributed by atoms with E-state index in [9.17, 15) is 9.59 Å². The summed E-state index contributed by atoms with van der Waals surface area (Å²) >= 11 is 0. The smallest absolute Gasteiger partial charge is 0.303 e. The number of nitrogens with two attached hydrogens (primary N) is 1. The Morgan fingerprint density at radius 2 is 2.00 bits per heavy atom. The third-order valence-corrected chi connectivity index (χ3v) is 1.55. The largest absolute Gasteiger partial charge is 0.481 e. The van der Waals surface area contributed by atoms with E-state index in [1.807, 2.05) is 0 Å². The SMILES string of the molecule is CC(C=CC(N)=O)=C[C@H](C)CC(=O)O. The van der Waals surface area contributed by atoms with Gasteiger partial charge in [0.1, 0.15) is 0 Å². The van der Waals surface area contributed by atoms with Gasteiger partial charge in [-0.15, -0.1) is 0 Å². The van der Waals surface area contributed by atoms with Gasteiger partial charge in [0.15, 0.2) is 0 Å². The van der Waals surface area contributed by atoms with Crippen molar-refractivity contribution < 1.29 is 14.7 Å². The second kappa shape index (κ2) is 5.96. The molecule has 4 nitrogen and oxygen atoms in total. The molecule has 0 aliphatic rings. The highest BCUT2D eigenvalue weighted by molar-refractivity contribution is 5.86. The Hall–Kier alpha value is -1.58. The van der Waals surface area contributed by atoms with Crippen LogP contribution in [0, 0.1) is 5.92 Å². The van der Waals surface area contributed by atoms with E-state index in [0.717, 1.165) is 5.57 Å². The zero-order chi connectivity index (χ0) is 11.1. The summed E-state index contributed by atoms with van der Waals surface area (Å²) in [4.78, 5) is 20.7. The van der Waals surface area contributed by atoms with Crippen molar-refractivity contribution in [3.05, 3.63) is 23.8 Å². The fourth-order valence-corrected chi connectivity index (χ4v) is 1.05. The monoisotopic (exact) mass is 197 g/mol. The van der Waals surface area contributed by atoms with Gasteiger partial charge in [-0.1, -0.05) is 24.6 Å². The molecule has 0 aromatic carbocycles. The molecule has 3 N–H and O–H groups in total. The Balaban J connectivity index is 4.22. The van der Waals surface area contributed by atoms with Crippen LogP contribution < -0.4 is 5.73 Å². The minimum atomic E-state index is -0.833. The fourth-order valence-electron chi connectivity index (χ4n) is 1.05. The van der Waals surface area contributed by atoms with Gasteiger partial charge in [0.05, 0.1) is 6.42 Å². The van der Waals surface area contributed by atoms with E-state index < -0.39 is 11.9 Å². The summed E-state index contributed by atoms with van der Waals surface area (Å²) in [5, 5.41) is 8.49. The number of amides is 1. The quantitative estimate of drug-likeness (QED) is 0.511. The molecule has 0 saturated carbocycles. The standard InChI is InChI=1S/C10H15NO3/c1-7(3-4-9(11)12)5-8(2)6-10(13)14/h3-5,8H,6H2,1-2H3,(H2,11,12)(H,13,14)/t8-/m0/s1. The van der Waals surface area contributed by atoms with Gasteiger partial charge >= 0.3 is 5.97 Å². The molecule has 1 amide bonds. The lowest BCUT2D eigenvalue weighted by molar-refractivity contribution is -0.137. The van der Waals surface area contributed by atoms with Crippen molar-refractivity contribution in [3.8, 4) is 0 Å². The Kier molecular flexibility index (Phi) is 5.29. The molecule has 4 heteroatoms. The molecule has 0 aliphatic heterocycles. The highest BCUT2D eigenvalue weighted by Gasteiger charge is 2.03. The van der Waals surface area contributed by atoms with Gasteiger partial charge < -0.3 is 10.8 Å². The molecule has 0 fully saturated rings. The van der Waals surface area contributed by atoms with Crippen LogP contribution in [0.4, 0.5) is 0 Å². The maximum absolute atomic E-state index is 10.4. The van der Waals surface area contributed by atoms with Crippen LogP contribution in [0.3, 0.4) is 0 Å². The number of primary amides is 1. The van der Waals surface area contributed by atoms with E-state index in [0.29, 0.717) is 0 Å². The zero-order valence-electron chi connectivity index (χ0n) is 8.36. The van der Waals surface area contributed by atoms with Crippen LogP contribution in [-0.4, -0.2) is 17.0 Å². The highest BCUT2D eigenvalue weighted by atomic mass is 16.4. The number of carboxylic acids is 1. The van der Waals surface area contributed by atoms with Gasteiger partial charge in [0.25, 0.3) is 0 Å². The Labute approximate surface area is 83.1 Å². The first-order valence-corrected chi connectivity index (χ1v) is 4.29. The van der Waals surface area contributed by atoms with Gasteiger partial charge in [-0.3, -0.25) is 9.59 Å². The van der Waals surface area contributed by atoms with Crippen molar-refractivity contribution in [2.75, 3.05) is 0 Å². The van der Waals surface area contributed by atoms with Crippen LogP contribution in [0.25, 0.3) is 0 Å². The predicted molar refractivity (Wildman–Crippen MR) is 53.5 cm³/mol.